The number of nitrogens with zero attached hydrogens (tertiary/aromatic N) is 1. The van der Waals surface area contributed by atoms with Gasteiger partial charge in [-0.1, -0.05) is 31.2 Å². The van der Waals surface area contributed by atoms with Crippen LogP contribution < -0.4 is 10.1 Å². The van der Waals surface area contributed by atoms with Crippen LogP contribution in [-0.2, 0) is 28.0 Å². The zero-order chi connectivity index (χ0) is 19.7. The molecular formula is C23H26N2O3. The summed E-state index contributed by atoms with van der Waals surface area (Å²) in [5.74, 6) is 0.941. The first kappa shape index (κ1) is 18.5. The second-order valence-electron chi connectivity index (χ2n) is 7.64. The molecular weight excluding hydrogens is 352 g/mol. The van der Waals surface area contributed by atoms with Crippen LogP contribution in [0.5, 0.6) is 5.75 Å². The molecule has 0 spiro atoms. The molecule has 146 valence electrons. The molecule has 1 fully saturated rings. The first-order valence-corrected chi connectivity index (χ1v) is 9.92. The number of fused-ring (bicyclic) bond motifs is 1. The number of amides is 2. The number of carbonyl (C=O) groups excluding carboxylic acids is 2. The Morgan fingerprint density at radius 2 is 1.93 bits per heavy atom. The molecule has 5 heteroatoms. The Morgan fingerprint density at radius 3 is 2.64 bits per heavy atom. The Morgan fingerprint density at radius 1 is 1.14 bits per heavy atom. The van der Waals surface area contributed by atoms with Gasteiger partial charge >= 0.3 is 0 Å². The number of para-hydroxylation sites is 1. The summed E-state index contributed by atoms with van der Waals surface area (Å²) in [7, 11) is 1.64. The van der Waals surface area contributed by atoms with Gasteiger partial charge in [0.2, 0.25) is 11.8 Å². The van der Waals surface area contributed by atoms with Gasteiger partial charge in [-0.25, -0.2) is 0 Å². The highest BCUT2D eigenvalue weighted by atomic mass is 16.5. The largest absolute Gasteiger partial charge is 0.496 e. The molecule has 1 aliphatic heterocycles. The third-order valence-electron chi connectivity index (χ3n) is 5.94. The molecule has 2 aromatic rings. The number of benzene rings is 2. The maximum atomic E-state index is 13.1. The van der Waals surface area contributed by atoms with E-state index in [9.17, 15) is 9.59 Å². The Balaban J connectivity index is 1.54. The summed E-state index contributed by atoms with van der Waals surface area (Å²) >= 11 is 0. The molecule has 0 aromatic heterocycles. The van der Waals surface area contributed by atoms with E-state index in [1.807, 2.05) is 48.2 Å². The second kappa shape index (κ2) is 7.30. The summed E-state index contributed by atoms with van der Waals surface area (Å²) in [6.07, 6.45) is 3.03. The SMILES string of the molecule is CCC(=O)N1CCc2ccc(NC(=O)C3(c4ccccc4OC)CC3)cc2C1. The molecule has 4 rings (SSSR count). The monoisotopic (exact) mass is 378 g/mol. The summed E-state index contributed by atoms with van der Waals surface area (Å²) in [4.78, 5) is 27.1. The first-order valence-electron chi connectivity index (χ1n) is 9.92. The van der Waals surface area contributed by atoms with Crippen molar-refractivity contribution in [3.05, 3.63) is 59.2 Å². The van der Waals surface area contributed by atoms with Crippen LogP contribution in [0, 0.1) is 0 Å². The highest BCUT2D eigenvalue weighted by molar-refractivity contribution is 6.02. The summed E-state index contributed by atoms with van der Waals surface area (Å²) in [5, 5.41) is 3.10. The van der Waals surface area contributed by atoms with Crippen LogP contribution in [0.2, 0.25) is 0 Å². The normalized spacial score (nSPS) is 16.9. The number of rotatable bonds is 5. The molecule has 0 unspecified atom stereocenters. The van der Waals surface area contributed by atoms with Crippen molar-refractivity contribution < 1.29 is 14.3 Å². The maximum absolute atomic E-state index is 13.1. The number of nitrogens with one attached hydrogen (secondary N) is 1. The van der Waals surface area contributed by atoms with Crippen molar-refractivity contribution in [2.45, 2.75) is 44.6 Å². The van der Waals surface area contributed by atoms with Crippen LogP contribution >= 0.6 is 0 Å². The second-order valence-corrected chi connectivity index (χ2v) is 7.64. The lowest BCUT2D eigenvalue weighted by Crippen LogP contribution is -2.35. The standard InChI is InChI=1S/C23H26N2O3/c1-3-21(26)25-13-10-16-8-9-18(14-17(16)15-25)24-22(27)23(11-12-23)19-6-4-5-7-20(19)28-2/h4-9,14H,3,10-13,15H2,1-2H3,(H,24,27). The molecule has 1 N–H and O–H groups in total. The zero-order valence-corrected chi connectivity index (χ0v) is 16.5. The molecule has 1 saturated carbocycles. The van der Waals surface area contributed by atoms with Crippen molar-refractivity contribution >= 4 is 17.5 Å². The van der Waals surface area contributed by atoms with E-state index in [2.05, 4.69) is 11.4 Å². The minimum absolute atomic E-state index is 0.00856. The van der Waals surface area contributed by atoms with Crippen molar-refractivity contribution in [3.63, 3.8) is 0 Å². The van der Waals surface area contributed by atoms with Gasteiger partial charge in [0.15, 0.2) is 0 Å². The molecule has 0 radical (unpaired) electrons. The Hall–Kier alpha value is -2.82. The number of ether oxygens (including phenoxy) is 1. The predicted molar refractivity (Wildman–Crippen MR) is 108 cm³/mol. The molecule has 0 bridgehead atoms. The average molecular weight is 378 g/mol. The van der Waals surface area contributed by atoms with E-state index in [0.717, 1.165) is 48.4 Å². The Labute approximate surface area is 165 Å². The van der Waals surface area contributed by atoms with Gasteiger partial charge in [-0.2, -0.15) is 0 Å². The van der Waals surface area contributed by atoms with Crippen LogP contribution in [0.25, 0.3) is 0 Å². The average Bonchev–Trinajstić information content (AvgIpc) is 3.54. The van der Waals surface area contributed by atoms with Crippen LogP contribution in [0.3, 0.4) is 0 Å². The van der Waals surface area contributed by atoms with E-state index in [0.29, 0.717) is 13.0 Å². The van der Waals surface area contributed by atoms with E-state index in [1.54, 1.807) is 7.11 Å². The quantitative estimate of drug-likeness (QED) is 0.864. The lowest BCUT2D eigenvalue weighted by atomic mass is 9.93. The number of hydrogen-bond acceptors (Lipinski definition) is 3. The fraction of sp³-hybridized carbons (Fsp3) is 0.391. The number of anilines is 1. The van der Waals surface area contributed by atoms with Crippen LogP contribution in [0.15, 0.2) is 42.5 Å². The minimum atomic E-state index is -0.507. The van der Waals surface area contributed by atoms with Gasteiger partial charge in [-0.3, -0.25) is 9.59 Å². The van der Waals surface area contributed by atoms with Crippen LogP contribution in [0.1, 0.15) is 42.9 Å². The molecule has 2 amide bonds. The number of hydrogen-bond donors (Lipinski definition) is 1. The number of carbonyl (C=O) groups is 2. The minimum Gasteiger partial charge on any atom is -0.496 e. The van der Waals surface area contributed by atoms with Gasteiger partial charge in [0.25, 0.3) is 0 Å². The van der Waals surface area contributed by atoms with Gasteiger partial charge in [0.05, 0.1) is 12.5 Å². The summed E-state index contributed by atoms with van der Waals surface area (Å²) in [5.41, 5.74) is 3.60. The summed E-state index contributed by atoms with van der Waals surface area (Å²) in [6, 6.07) is 13.8. The van der Waals surface area contributed by atoms with Crippen molar-refractivity contribution in [2.75, 3.05) is 19.0 Å². The Bertz CT molecular complexity index is 918. The van der Waals surface area contributed by atoms with Crippen molar-refractivity contribution in [3.8, 4) is 5.75 Å². The number of methoxy groups -OCH3 is 1. The van der Waals surface area contributed by atoms with Crippen LogP contribution in [-0.4, -0.2) is 30.4 Å². The van der Waals surface area contributed by atoms with Crippen molar-refractivity contribution in [1.29, 1.82) is 0 Å². The van der Waals surface area contributed by atoms with E-state index in [4.69, 9.17) is 4.74 Å². The van der Waals surface area contributed by atoms with Gasteiger partial charge in [0, 0.05) is 30.8 Å². The molecule has 28 heavy (non-hydrogen) atoms. The lowest BCUT2D eigenvalue weighted by Gasteiger charge is -2.29. The van der Waals surface area contributed by atoms with Gasteiger partial charge in [-0.05, 0) is 48.6 Å². The molecule has 5 nitrogen and oxygen atoms in total. The molecule has 2 aliphatic rings. The molecule has 1 aliphatic carbocycles. The van der Waals surface area contributed by atoms with Gasteiger partial charge in [0.1, 0.15) is 5.75 Å². The van der Waals surface area contributed by atoms with E-state index >= 15 is 0 Å². The Kier molecular flexibility index (Phi) is 4.84. The summed E-state index contributed by atoms with van der Waals surface area (Å²) < 4.78 is 5.47. The fourth-order valence-electron chi connectivity index (χ4n) is 4.11. The smallest absolute Gasteiger partial charge is 0.235 e. The van der Waals surface area contributed by atoms with Gasteiger partial charge in [-0.15, -0.1) is 0 Å². The summed E-state index contributed by atoms with van der Waals surface area (Å²) in [6.45, 7) is 3.27. The lowest BCUT2D eigenvalue weighted by molar-refractivity contribution is -0.131. The third-order valence-corrected chi connectivity index (χ3v) is 5.94. The van der Waals surface area contributed by atoms with Crippen molar-refractivity contribution in [2.24, 2.45) is 0 Å². The molecule has 1 heterocycles. The van der Waals surface area contributed by atoms with Crippen LogP contribution in [0.4, 0.5) is 5.69 Å². The predicted octanol–water partition coefficient (Wildman–Crippen LogP) is 3.66. The topological polar surface area (TPSA) is 58.6 Å². The maximum Gasteiger partial charge on any atom is 0.235 e. The highest BCUT2D eigenvalue weighted by Crippen LogP contribution is 2.52. The van der Waals surface area contributed by atoms with Crippen molar-refractivity contribution in [1.82, 2.24) is 4.90 Å². The van der Waals surface area contributed by atoms with E-state index < -0.39 is 5.41 Å². The highest BCUT2D eigenvalue weighted by Gasteiger charge is 2.52. The molecule has 2 aromatic carbocycles. The third kappa shape index (κ3) is 3.26. The van der Waals surface area contributed by atoms with E-state index in [-0.39, 0.29) is 11.8 Å². The van der Waals surface area contributed by atoms with Gasteiger partial charge < -0.3 is 15.0 Å². The molecule has 0 saturated heterocycles. The molecule has 0 atom stereocenters. The zero-order valence-electron chi connectivity index (χ0n) is 16.5. The fourth-order valence-corrected chi connectivity index (χ4v) is 4.11. The van der Waals surface area contributed by atoms with E-state index in [1.165, 1.54) is 5.56 Å². The first-order chi connectivity index (χ1) is 13.6.